The molecule has 4 atom stereocenters. The fraction of sp³-hybridized carbons (Fsp3) is 0.667. The fourth-order valence-corrected chi connectivity index (χ4v) is 5.56. The van der Waals surface area contributed by atoms with Crippen molar-refractivity contribution in [1.29, 1.82) is 0 Å². The van der Waals surface area contributed by atoms with Crippen molar-refractivity contribution in [2.45, 2.75) is 57.8 Å². The van der Waals surface area contributed by atoms with Gasteiger partial charge in [-0.25, -0.2) is 0 Å². The third-order valence-electron chi connectivity index (χ3n) is 6.49. The molecule has 19 heavy (non-hydrogen) atoms. The van der Waals surface area contributed by atoms with Crippen LogP contribution in [0.25, 0.3) is 0 Å². The van der Waals surface area contributed by atoms with E-state index in [4.69, 9.17) is 0 Å². The number of phenols is 1. The Labute approximate surface area is 116 Å². The highest BCUT2D eigenvalue weighted by Crippen LogP contribution is 2.60. The number of aryl methyl sites for hydroxylation is 1. The van der Waals surface area contributed by atoms with Crippen LogP contribution < -0.4 is 0 Å². The highest BCUT2D eigenvalue weighted by molar-refractivity contribution is 5.40. The molecule has 0 heterocycles. The lowest BCUT2D eigenvalue weighted by Crippen LogP contribution is -2.39. The molecule has 2 fully saturated rings. The minimum Gasteiger partial charge on any atom is -0.508 e. The van der Waals surface area contributed by atoms with Crippen molar-refractivity contribution in [2.75, 3.05) is 0 Å². The van der Waals surface area contributed by atoms with Crippen LogP contribution in [0.5, 0.6) is 5.75 Å². The second-order valence-electron chi connectivity index (χ2n) is 7.38. The molecule has 3 aliphatic carbocycles. The van der Waals surface area contributed by atoms with E-state index in [1.165, 1.54) is 50.5 Å². The van der Waals surface area contributed by atoms with Gasteiger partial charge in [-0.1, -0.05) is 19.4 Å². The molecule has 0 bridgehead atoms. The molecule has 0 spiro atoms. The van der Waals surface area contributed by atoms with Gasteiger partial charge in [0.2, 0.25) is 0 Å². The highest BCUT2D eigenvalue weighted by Gasteiger charge is 2.50. The van der Waals surface area contributed by atoms with Gasteiger partial charge < -0.3 is 5.11 Å². The Hall–Kier alpha value is -0.980. The van der Waals surface area contributed by atoms with Crippen LogP contribution in [0.2, 0.25) is 0 Å². The second-order valence-corrected chi connectivity index (χ2v) is 7.38. The van der Waals surface area contributed by atoms with E-state index < -0.39 is 0 Å². The third-order valence-corrected chi connectivity index (χ3v) is 6.49. The Morgan fingerprint density at radius 3 is 2.95 bits per heavy atom. The Balaban J connectivity index is 1.72. The van der Waals surface area contributed by atoms with Gasteiger partial charge in [-0.05, 0) is 85.0 Å². The number of aromatic hydroxyl groups is 1. The van der Waals surface area contributed by atoms with Gasteiger partial charge in [0, 0.05) is 0 Å². The zero-order valence-electron chi connectivity index (χ0n) is 11.9. The van der Waals surface area contributed by atoms with E-state index in [-0.39, 0.29) is 0 Å². The number of benzene rings is 1. The van der Waals surface area contributed by atoms with Crippen LogP contribution >= 0.6 is 0 Å². The molecule has 0 amide bonds. The van der Waals surface area contributed by atoms with Gasteiger partial charge in [0.1, 0.15) is 5.75 Å². The van der Waals surface area contributed by atoms with E-state index in [2.05, 4.69) is 13.0 Å². The van der Waals surface area contributed by atoms with E-state index in [0.29, 0.717) is 11.2 Å². The van der Waals surface area contributed by atoms with E-state index in [9.17, 15) is 5.11 Å². The summed E-state index contributed by atoms with van der Waals surface area (Å²) in [4.78, 5) is 0. The van der Waals surface area contributed by atoms with Gasteiger partial charge >= 0.3 is 0 Å². The molecular formula is C18H24O. The molecule has 1 nitrogen and oxygen atoms in total. The molecule has 0 saturated heterocycles. The zero-order chi connectivity index (χ0) is 13.0. The average molecular weight is 256 g/mol. The number of phenolic OH excluding ortho intramolecular Hbond substituents is 1. The molecule has 1 heteroatoms. The summed E-state index contributed by atoms with van der Waals surface area (Å²) in [6, 6.07) is 6.11. The first-order valence-electron chi connectivity index (χ1n) is 7.99. The SMILES string of the molecule is C[C@@]12CCCC1[C@@H]1CCc3cc(O)ccc3C1CC2. The summed E-state index contributed by atoms with van der Waals surface area (Å²) in [5, 5.41) is 9.68. The molecule has 1 N–H and O–H groups in total. The van der Waals surface area contributed by atoms with E-state index in [1.54, 1.807) is 5.56 Å². The molecule has 2 saturated carbocycles. The normalized spacial score (nSPS) is 40.4. The topological polar surface area (TPSA) is 20.2 Å². The molecule has 1 aromatic carbocycles. The molecule has 0 aliphatic heterocycles. The minimum absolute atomic E-state index is 0.443. The maximum Gasteiger partial charge on any atom is 0.115 e. The zero-order valence-corrected chi connectivity index (χ0v) is 11.9. The molecule has 4 rings (SSSR count). The largest absolute Gasteiger partial charge is 0.508 e. The summed E-state index contributed by atoms with van der Waals surface area (Å²) in [7, 11) is 0. The van der Waals surface area contributed by atoms with Gasteiger partial charge in [0.05, 0.1) is 0 Å². The maximum absolute atomic E-state index is 9.68. The van der Waals surface area contributed by atoms with Crippen LogP contribution in [0.3, 0.4) is 0 Å². The van der Waals surface area contributed by atoms with Crippen molar-refractivity contribution >= 4 is 0 Å². The lowest BCUT2D eigenvalue weighted by molar-refractivity contribution is 0.0598. The maximum atomic E-state index is 9.68. The summed E-state index contributed by atoms with van der Waals surface area (Å²) < 4.78 is 0. The molecule has 0 radical (unpaired) electrons. The van der Waals surface area contributed by atoms with Crippen molar-refractivity contribution in [3.8, 4) is 5.75 Å². The first kappa shape index (κ1) is 11.8. The second kappa shape index (κ2) is 4.01. The summed E-state index contributed by atoms with van der Waals surface area (Å²) >= 11 is 0. The number of fused-ring (bicyclic) bond motifs is 5. The van der Waals surface area contributed by atoms with Crippen LogP contribution in [0.1, 0.15) is 62.5 Å². The quantitative estimate of drug-likeness (QED) is 0.717. The fourth-order valence-electron chi connectivity index (χ4n) is 5.56. The minimum atomic E-state index is 0.443. The Morgan fingerprint density at radius 2 is 2.05 bits per heavy atom. The molecule has 102 valence electrons. The molecular weight excluding hydrogens is 232 g/mol. The number of hydrogen-bond acceptors (Lipinski definition) is 1. The van der Waals surface area contributed by atoms with Gasteiger partial charge in [-0.2, -0.15) is 0 Å². The van der Waals surface area contributed by atoms with Crippen molar-refractivity contribution < 1.29 is 5.11 Å². The van der Waals surface area contributed by atoms with Gasteiger partial charge in [0.15, 0.2) is 0 Å². The smallest absolute Gasteiger partial charge is 0.115 e. The van der Waals surface area contributed by atoms with E-state index in [1.807, 2.05) is 12.1 Å². The lowest BCUT2D eigenvalue weighted by Gasteiger charge is -2.49. The molecule has 0 aromatic heterocycles. The third kappa shape index (κ3) is 1.67. The Kier molecular flexibility index (Phi) is 2.49. The lowest BCUT2D eigenvalue weighted by atomic mass is 9.56. The highest BCUT2D eigenvalue weighted by atomic mass is 16.3. The van der Waals surface area contributed by atoms with Crippen LogP contribution in [-0.2, 0) is 6.42 Å². The summed E-state index contributed by atoms with van der Waals surface area (Å²) in [6.07, 6.45) is 9.69. The van der Waals surface area contributed by atoms with E-state index in [0.717, 1.165) is 17.8 Å². The summed E-state index contributed by atoms with van der Waals surface area (Å²) in [6.45, 7) is 2.55. The Bertz CT molecular complexity index is 506. The van der Waals surface area contributed by atoms with Crippen LogP contribution in [0.4, 0.5) is 0 Å². The molecule has 1 aromatic rings. The van der Waals surface area contributed by atoms with Gasteiger partial charge in [-0.15, -0.1) is 0 Å². The van der Waals surface area contributed by atoms with Crippen molar-refractivity contribution in [2.24, 2.45) is 17.3 Å². The van der Waals surface area contributed by atoms with Crippen molar-refractivity contribution in [3.63, 3.8) is 0 Å². The average Bonchev–Trinajstić information content (AvgIpc) is 2.79. The Morgan fingerprint density at radius 1 is 1.16 bits per heavy atom. The van der Waals surface area contributed by atoms with Crippen LogP contribution in [0.15, 0.2) is 18.2 Å². The number of hydrogen-bond donors (Lipinski definition) is 1. The van der Waals surface area contributed by atoms with Crippen LogP contribution in [-0.4, -0.2) is 5.11 Å². The first-order chi connectivity index (χ1) is 9.17. The van der Waals surface area contributed by atoms with E-state index >= 15 is 0 Å². The predicted octanol–water partition coefficient (Wildman–Crippen LogP) is 4.64. The number of rotatable bonds is 0. The van der Waals surface area contributed by atoms with Gasteiger partial charge in [-0.3, -0.25) is 0 Å². The molecule has 2 unspecified atom stereocenters. The van der Waals surface area contributed by atoms with Crippen molar-refractivity contribution in [3.05, 3.63) is 29.3 Å². The summed E-state index contributed by atoms with van der Waals surface area (Å²) in [5.74, 6) is 3.10. The van der Waals surface area contributed by atoms with Gasteiger partial charge in [0.25, 0.3) is 0 Å². The predicted molar refractivity (Wildman–Crippen MR) is 77.3 cm³/mol. The van der Waals surface area contributed by atoms with Crippen LogP contribution in [0, 0.1) is 17.3 Å². The van der Waals surface area contributed by atoms with Crippen molar-refractivity contribution in [1.82, 2.24) is 0 Å². The summed E-state index contributed by atoms with van der Waals surface area (Å²) in [5.41, 5.74) is 3.63. The first-order valence-corrected chi connectivity index (χ1v) is 7.99. The standard InChI is InChI=1S/C18H24O/c1-18-9-2-3-17(18)16-6-4-12-11-13(19)5-7-14(12)15(16)8-10-18/h5,7,11,15-17,19H,2-4,6,8-10H2,1H3/t15?,16-,17?,18+/m1/s1. The molecule has 3 aliphatic rings. The monoisotopic (exact) mass is 256 g/mol.